The molecule has 0 aromatic carbocycles. The predicted octanol–water partition coefficient (Wildman–Crippen LogP) is 5.79. The standard InChI is InChI=1S/C18H20N5O.C18H21N2O2.8Y/c1-11-14-13-7-6-8-22(13)17(2,3)18(4,5)23(14)9-12(15(11)24)16-19-10-20-21-16;1-11-15-14-8-7-9-19(14)17(3,4)18(5,6)20(15)10-13(12(2)21)16(11)22;;;;;;;;/h6-8,10H,1-5H3,(H,19,20,21);7-9H,1-6H3;;;;;;;;/q2*-1;;;;;;;;. The number of carbonyl (C=O) groups is 1. The molecule has 0 saturated carbocycles. The Labute approximate surface area is 519 Å². The summed E-state index contributed by atoms with van der Waals surface area (Å²) in [6.07, 6.45) is 11.9. The quantitative estimate of drug-likeness (QED) is 0.178. The fraction of sp³-hybridized carbons (Fsp3) is 0.417. The zero-order chi connectivity index (χ0) is 33.7. The van der Waals surface area contributed by atoms with E-state index in [0.29, 0.717) is 22.5 Å². The van der Waals surface area contributed by atoms with Crippen LogP contribution in [0.15, 0.2) is 52.6 Å². The average molecular weight is 1330 g/mol. The third-order valence-electron chi connectivity index (χ3n) is 11.0. The van der Waals surface area contributed by atoms with Crippen LogP contribution >= 0.6 is 0 Å². The van der Waals surface area contributed by atoms with E-state index in [1.807, 2.05) is 35.9 Å². The molecular weight excluding hydrogens is 1290 g/mol. The van der Waals surface area contributed by atoms with Crippen molar-refractivity contribution in [3.05, 3.63) is 92.5 Å². The Morgan fingerprint density at radius 1 is 0.648 bits per heavy atom. The van der Waals surface area contributed by atoms with Crippen molar-refractivity contribution >= 4 is 5.78 Å². The third-order valence-corrected chi connectivity index (χ3v) is 11.0. The molecule has 0 saturated heterocycles. The van der Waals surface area contributed by atoms with E-state index in [1.54, 1.807) is 6.92 Å². The summed E-state index contributed by atoms with van der Waals surface area (Å²) >= 11 is 0. The van der Waals surface area contributed by atoms with Gasteiger partial charge in [-0.15, -0.1) is 0 Å². The summed E-state index contributed by atoms with van der Waals surface area (Å²) in [7, 11) is 0. The van der Waals surface area contributed by atoms with Crippen LogP contribution in [0.3, 0.4) is 0 Å². The van der Waals surface area contributed by atoms with E-state index < -0.39 is 0 Å². The van der Waals surface area contributed by atoms with Crippen LogP contribution in [-0.4, -0.2) is 39.2 Å². The first kappa shape index (κ1) is 62.4. The van der Waals surface area contributed by atoms with Crippen LogP contribution in [0.1, 0.15) is 83.8 Å². The van der Waals surface area contributed by atoms with Crippen LogP contribution in [0.5, 0.6) is 0 Å². The molecule has 0 unspecified atom stereocenters. The molecule has 0 aliphatic carbocycles. The number of rotatable bonds is 2. The number of pyridine rings is 2. The van der Waals surface area contributed by atoms with Crippen LogP contribution in [-0.2, 0) is 284 Å². The van der Waals surface area contributed by atoms with Gasteiger partial charge < -0.3 is 32.7 Å². The molecule has 8 radical (unpaired) electrons. The van der Waals surface area contributed by atoms with Crippen molar-refractivity contribution in [3.63, 3.8) is 0 Å². The van der Waals surface area contributed by atoms with Gasteiger partial charge in [0, 0.05) is 297 Å². The monoisotopic (exact) mass is 1330 g/mol. The number of Topliss-reactive ketones (excluding diaryl/α,β-unsaturated/α-hetero) is 1. The number of aromatic amines is 1. The van der Waals surface area contributed by atoms with Crippen LogP contribution in [0, 0.1) is 26.2 Å². The SMILES string of the molecule is CC(=O)c1[c-]n2c(c(C)c1=O)-c1cccn1C(C)(C)C2(C)C.Cc1c2n([c-]c(-c3ncn[nH]3)c1=O)C(C)(C)C(C)(C)n1cccc1-2.[Y].[Y].[Y].[Y].[Y].[Y].[Y].[Y]. The van der Waals surface area contributed by atoms with Gasteiger partial charge in [0.1, 0.15) is 17.2 Å². The molecule has 1 N–H and O–H groups in total. The van der Waals surface area contributed by atoms with E-state index in [0.717, 1.165) is 22.8 Å². The van der Waals surface area contributed by atoms with E-state index in [4.69, 9.17) is 0 Å². The second-order valence-corrected chi connectivity index (χ2v) is 14.4. The zero-order valence-electron chi connectivity index (χ0n) is 33.1. The molecule has 5 aromatic rings. The Kier molecular flexibility index (Phi) is 26.8. The van der Waals surface area contributed by atoms with Gasteiger partial charge in [0.15, 0.2) is 0 Å². The fourth-order valence-electron chi connectivity index (χ4n) is 6.80. The van der Waals surface area contributed by atoms with Crippen LogP contribution < -0.4 is 10.9 Å². The molecule has 0 fully saturated rings. The molecule has 2 aliphatic rings. The number of carbonyl (C=O) groups excluding carboxylic acids is 1. The van der Waals surface area contributed by atoms with Crippen molar-refractivity contribution < 1.29 is 266 Å². The van der Waals surface area contributed by atoms with Gasteiger partial charge in [0.2, 0.25) is 0 Å². The molecule has 10 nitrogen and oxygen atoms in total. The molecule has 0 bridgehead atoms. The molecule has 7 heterocycles. The van der Waals surface area contributed by atoms with Crippen molar-refractivity contribution in [1.82, 2.24) is 33.4 Å². The van der Waals surface area contributed by atoms with E-state index in [2.05, 4.69) is 109 Å². The molecular formula is C36H41N7O3Y8-2. The fourth-order valence-corrected chi connectivity index (χ4v) is 6.80. The largest absolute Gasteiger partial charge is 0.418 e. The Bertz CT molecular complexity index is 2180. The maximum Gasteiger partial charge on any atom is 0.126 e. The Balaban J connectivity index is -0.000000841. The number of fused-ring (bicyclic) bond motifs is 6. The van der Waals surface area contributed by atoms with Gasteiger partial charge in [-0.1, -0.05) is 37.4 Å². The first-order valence-electron chi connectivity index (χ1n) is 15.5. The van der Waals surface area contributed by atoms with Gasteiger partial charge in [-0.25, -0.2) is 0 Å². The van der Waals surface area contributed by atoms with Crippen LogP contribution in [0.4, 0.5) is 0 Å². The summed E-state index contributed by atoms with van der Waals surface area (Å²) in [4.78, 5) is 41.4. The predicted molar refractivity (Wildman–Crippen MR) is 178 cm³/mol. The average Bonchev–Trinajstić information content (AvgIpc) is 3.76. The Hall–Kier alpha value is 4.10. The minimum atomic E-state index is -0.336. The minimum absolute atomic E-state index is 0. The normalized spacial score (nSPS) is 14.9. The van der Waals surface area contributed by atoms with E-state index in [-0.39, 0.29) is 306 Å². The maximum atomic E-state index is 12.9. The van der Waals surface area contributed by atoms with Crippen molar-refractivity contribution in [3.8, 4) is 34.2 Å². The molecule has 18 heteroatoms. The van der Waals surface area contributed by atoms with Gasteiger partial charge >= 0.3 is 0 Å². The molecule has 0 atom stereocenters. The molecule has 264 valence electrons. The van der Waals surface area contributed by atoms with Crippen LogP contribution in [0.2, 0.25) is 0 Å². The molecule has 2 aliphatic heterocycles. The summed E-state index contributed by atoms with van der Waals surface area (Å²) in [6.45, 7) is 22.4. The molecule has 7 rings (SSSR count). The number of nitrogens with zero attached hydrogens (tertiary/aromatic N) is 6. The maximum absolute atomic E-state index is 12.9. The van der Waals surface area contributed by atoms with Gasteiger partial charge in [-0.05, 0) is 109 Å². The van der Waals surface area contributed by atoms with Crippen molar-refractivity contribution in [2.45, 2.75) is 98.3 Å². The van der Waals surface area contributed by atoms with E-state index in [1.165, 1.54) is 13.3 Å². The van der Waals surface area contributed by atoms with E-state index >= 15 is 0 Å². The number of H-pyrrole nitrogens is 1. The third kappa shape index (κ3) is 10.2. The number of nitrogens with one attached hydrogen (secondary N) is 1. The van der Waals surface area contributed by atoms with E-state index in [9.17, 15) is 14.4 Å². The minimum Gasteiger partial charge on any atom is -0.418 e. The molecule has 54 heavy (non-hydrogen) atoms. The van der Waals surface area contributed by atoms with Crippen molar-refractivity contribution in [2.24, 2.45) is 0 Å². The summed E-state index contributed by atoms with van der Waals surface area (Å²) in [5, 5.41) is 6.65. The van der Waals surface area contributed by atoms with Crippen molar-refractivity contribution in [1.29, 1.82) is 0 Å². The van der Waals surface area contributed by atoms with Gasteiger partial charge in [0.05, 0.1) is 22.7 Å². The molecule has 0 spiro atoms. The smallest absolute Gasteiger partial charge is 0.126 e. The molecule has 5 aromatic heterocycles. The first-order valence-corrected chi connectivity index (χ1v) is 15.5. The van der Waals surface area contributed by atoms with Gasteiger partial charge in [0.25, 0.3) is 0 Å². The van der Waals surface area contributed by atoms with Gasteiger partial charge in [-0.2, -0.15) is 5.10 Å². The number of ketones is 1. The second kappa shape index (κ2) is 23.2. The summed E-state index contributed by atoms with van der Waals surface area (Å²) in [5.41, 5.74) is 4.35. The zero-order valence-corrected chi connectivity index (χ0v) is 55.8. The first-order chi connectivity index (χ1) is 21.4. The second-order valence-electron chi connectivity index (χ2n) is 14.4. The number of hydrogen-bond acceptors (Lipinski definition) is 5. The van der Waals surface area contributed by atoms with Crippen molar-refractivity contribution in [2.75, 3.05) is 0 Å². The number of aromatic nitrogens is 7. The summed E-state index contributed by atoms with van der Waals surface area (Å²) < 4.78 is 8.53. The Morgan fingerprint density at radius 2 is 1.06 bits per heavy atom. The topological polar surface area (TPSA) is 112 Å². The summed E-state index contributed by atoms with van der Waals surface area (Å²) in [6, 6.07) is 8.08. The van der Waals surface area contributed by atoms with Gasteiger partial charge in [-0.3, -0.25) is 10.1 Å². The summed E-state index contributed by atoms with van der Waals surface area (Å²) in [5.74, 6) is 0.214. The van der Waals surface area contributed by atoms with Crippen LogP contribution in [0.25, 0.3) is 34.2 Å². The molecule has 0 amide bonds. The Morgan fingerprint density at radius 3 is 1.44 bits per heavy atom. The number of hydrogen-bond donors (Lipinski definition) is 1.